The zero-order valence-electron chi connectivity index (χ0n) is 19.4. The van der Waals surface area contributed by atoms with Crippen LogP contribution >= 0.6 is 0 Å². The highest BCUT2D eigenvalue weighted by atomic mass is 16.5. The van der Waals surface area contributed by atoms with Crippen LogP contribution < -0.4 is 5.32 Å². The highest BCUT2D eigenvalue weighted by Crippen LogP contribution is 2.21. The molecule has 0 spiro atoms. The maximum Gasteiger partial charge on any atom is 0.407 e. The van der Waals surface area contributed by atoms with Crippen molar-refractivity contribution in [2.45, 2.75) is 90.7 Å². The second-order valence-corrected chi connectivity index (χ2v) is 7.98. The summed E-state index contributed by atoms with van der Waals surface area (Å²) in [6.07, 6.45) is 8.18. The fraction of sp³-hybridized carbons (Fsp3) is 0.640. The van der Waals surface area contributed by atoms with Crippen LogP contribution in [0.25, 0.3) is 0 Å². The van der Waals surface area contributed by atoms with Crippen LogP contribution in [0.5, 0.6) is 0 Å². The van der Waals surface area contributed by atoms with Gasteiger partial charge in [-0.2, -0.15) is 0 Å². The van der Waals surface area contributed by atoms with Gasteiger partial charge in [-0.05, 0) is 18.4 Å². The Labute approximate surface area is 187 Å². The van der Waals surface area contributed by atoms with E-state index in [4.69, 9.17) is 4.74 Å². The molecule has 0 fully saturated rings. The van der Waals surface area contributed by atoms with Crippen molar-refractivity contribution in [3.63, 3.8) is 0 Å². The Hall–Kier alpha value is -2.37. The van der Waals surface area contributed by atoms with Gasteiger partial charge in [0.25, 0.3) is 0 Å². The number of esters is 1. The van der Waals surface area contributed by atoms with Gasteiger partial charge in [-0.3, -0.25) is 9.59 Å². The first-order valence-corrected chi connectivity index (χ1v) is 11.6. The Kier molecular flexibility index (Phi) is 14.1. The summed E-state index contributed by atoms with van der Waals surface area (Å²) in [6.45, 7) is 4.40. The topological polar surface area (TPSA) is 81.7 Å². The van der Waals surface area contributed by atoms with Crippen molar-refractivity contribution in [1.29, 1.82) is 0 Å². The third-order valence-corrected chi connectivity index (χ3v) is 5.40. The number of nitrogens with one attached hydrogen (secondary N) is 1. The number of amides is 1. The van der Waals surface area contributed by atoms with E-state index >= 15 is 0 Å². The van der Waals surface area contributed by atoms with Crippen LogP contribution in [0.4, 0.5) is 4.79 Å². The van der Waals surface area contributed by atoms with Crippen molar-refractivity contribution in [3.8, 4) is 0 Å². The van der Waals surface area contributed by atoms with Gasteiger partial charge in [0, 0.05) is 5.92 Å². The van der Waals surface area contributed by atoms with E-state index in [2.05, 4.69) is 23.9 Å². The minimum Gasteiger partial charge on any atom is -0.461 e. The number of alkyl carbamates (subject to hydrolysis) is 1. The van der Waals surface area contributed by atoms with Crippen LogP contribution in [0.3, 0.4) is 0 Å². The SMILES string of the molecule is CCCCCCCC(CCCC)C(=O)[C@H](CC(=O)OCc1ccccc1)NC(=O)OC. The van der Waals surface area contributed by atoms with Gasteiger partial charge in [0.15, 0.2) is 5.78 Å². The zero-order chi connectivity index (χ0) is 22.9. The number of rotatable bonds is 16. The van der Waals surface area contributed by atoms with Crippen molar-refractivity contribution in [2.75, 3.05) is 7.11 Å². The lowest BCUT2D eigenvalue weighted by Crippen LogP contribution is -2.45. The summed E-state index contributed by atoms with van der Waals surface area (Å²) in [4.78, 5) is 37.5. The van der Waals surface area contributed by atoms with E-state index in [1.165, 1.54) is 26.4 Å². The van der Waals surface area contributed by atoms with Crippen molar-refractivity contribution < 1.29 is 23.9 Å². The van der Waals surface area contributed by atoms with Crippen molar-refractivity contribution in [3.05, 3.63) is 35.9 Å². The summed E-state index contributed by atoms with van der Waals surface area (Å²) in [7, 11) is 1.24. The summed E-state index contributed by atoms with van der Waals surface area (Å²) in [5.74, 6) is -0.799. The Morgan fingerprint density at radius 1 is 0.903 bits per heavy atom. The lowest BCUT2D eigenvalue weighted by Gasteiger charge is -2.23. The molecule has 6 heteroatoms. The lowest BCUT2D eigenvalue weighted by molar-refractivity contribution is -0.147. The summed E-state index contributed by atoms with van der Waals surface area (Å²) in [6, 6.07) is 8.41. The predicted octanol–water partition coefficient (Wildman–Crippen LogP) is 5.58. The monoisotopic (exact) mass is 433 g/mol. The zero-order valence-corrected chi connectivity index (χ0v) is 19.4. The number of unbranched alkanes of at least 4 members (excludes halogenated alkanes) is 5. The number of methoxy groups -OCH3 is 1. The van der Waals surface area contributed by atoms with Crippen LogP contribution in [0.1, 0.15) is 83.6 Å². The third-order valence-electron chi connectivity index (χ3n) is 5.40. The molecule has 174 valence electrons. The van der Waals surface area contributed by atoms with E-state index in [1.54, 1.807) is 0 Å². The normalized spacial score (nSPS) is 12.6. The standard InChI is InChI=1S/C25H39NO5/c1-4-6-8-9-13-17-21(16-7-5-2)24(28)22(26-25(29)30-3)18-23(27)31-19-20-14-11-10-12-15-20/h10-12,14-15,21-22H,4-9,13,16-19H2,1-3H3,(H,26,29)/t21?,22-/m0/s1. The van der Waals surface area contributed by atoms with E-state index in [1.807, 2.05) is 30.3 Å². The van der Waals surface area contributed by atoms with Gasteiger partial charge in [0.1, 0.15) is 12.6 Å². The predicted molar refractivity (Wildman–Crippen MR) is 122 cm³/mol. The summed E-state index contributed by atoms with van der Waals surface area (Å²) in [5.41, 5.74) is 0.868. The number of ketones is 1. The van der Waals surface area contributed by atoms with Gasteiger partial charge in [0.05, 0.1) is 13.5 Å². The molecule has 0 saturated carbocycles. The maximum atomic E-state index is 13.3. The molecule has 0 aliphatic carbocycles. The molecule has 1 amide bonds. The molecule has 0 saturated heterocycles. The molecule has 6 nitrogen and oxygen atoms in total. The van der Waals surface area contributed by atoms with Crippen LogP contribution in [-0.2, 0) is 25.7 Å². The number of ether oxygens (including phenoxy) is 2. The first-order chi connectivity index (χ1) is 15.0. The fourth-order valence-electron chi connectivity index (χ4n) is 3.55. The first kappa shape index (κ1) is 26.7. The first-order valence-electron chi connectivity index (χ1n) is 11.6. The van der Waals surface area contributed by atoms with Gasteiger partial charge < -0.3 is 14.8 Å². The van der Waals surface area contributed by atoms with Gasteiger partial charge in [0.2, 0.25) is 0 Å². The quantitative estimate of drug-likeness (QED) is 0.272. The van der Waals surface area contributed by atoms with Gasteiger partial charge in [-0.15, -0.1) is 0 Å². The Bertz CT molecular complexity index is 647. The smallest absolute Gasteiger partial charge is 0.407 e. The maximum absolute atomic E-state index is 13.3. The van der Waals surface area contributed by atoms with Crippen LogP contribution in [0.2, 0.25) is 0 Å². The molecule has 0 radical (unpaired) electrons. The lowest BCUT2D eigenvalue weighted by atomic mass is 9.87. The second kappa shape index (κ2) is 16.3. The van der Waals surface area contributed by atoms with Gasteiger partial charge >= 0.3 is 12.1 Å². The number of Topliss-reactive ketones (excluding diaryl/α,β-unsaturated/α-hetero) is 1. The molecule has 0 heterocycles. The van der Waals surface area contributed by atoms with Crippen LogP contribution in [0, 0.1) is 5.92 Å². The Morgan fingerprint density at radius 2 is 1.55 bits per heavy atom. The second-order valence-electron chi connectivity index (χ2n) is 7.98. The summed E-state index contributed by atoms with van der Waals surface area (Å²) in [5, 5.41) is 2.55. The molecule has 1 aromatic rings. The number of hydrogen-bond acceptors (Lipinski definition) is 5. The molecule has 2 atom stereocenters. The Balaban J connectivity index is 2.74. The van der Waals surface area contributed by atoms with Crippen molar-refractivity contribution in [2.24, 2.45) is 5.92 Å². The molecule has 0 aliphatic rings. The number of carbonyl (C=O) groups is 3. The molecule has 31 heavy (non-hydrogen) atoms. The highest BCUT2D eigenvalue weighted by Gasteiger charge is 2.30. The van der Waals surface area contributed by atoms with Crippen molar-refractivity contribution in [1.82, 2.24) is 5.32 Å². The molecule has 1 aromatic carbocycles. The summed E-state index contributed by atoms with van der Waals surface area (Å²) < 4.78 is 10.0. The molecular weight excluding hydrogens is 394 g/mol. The van der Waals surface area contributed by atoms with E-state index in [0.29, 0.717) is 0 Å². The van der Waals surface area contributed by atoms with E-state index in [9.17, 15) is 14.4 Å². The average Bonchev–Trinajstić information content (AvgIpc) is 2.79. The Morgan fingerprint density at radius 3 is 2.19 bits per heavy atom. The molecule has 0 aromatic heterocycles. The molecule has 0 aliphatic heterocycles. The summed E-state index contributed by atoms with van der Waals surface area (Å²) >= 11 is 0. The van der Waals surface area contributed by atoms with Crippen molar-refractivity contribution >= 4 is 17.8 Å². The van der Waals surface area contributed by atoms with Crippen LogP contribution in [-0.4, -0.2) is 31.0 Å². The number of benzene rings is 1. The van der Waals surface area contributed by atoms with E-state index in [0.717, 1.165) is 44.1 Å². The van der Waals surface area contributed by atoms with Gasteiger partial charge in [-0.1, -0.05) is 89.1 Å². The molecule has 1 unspecified atom stereocenters. The van der Waals surface area contributed by atoms with Gasteiger partial charge in [-0.25, -0.2) is 4.79 Å². The molecule has 1 N–H and O–H groups in total. The van der Waals surface area contributed by atoms with E-state index < -0.39 is 18.1 Å². The minimum absolute atomic E-state index is 0.106. The third kappa shape index (κ3) is 11.6. The largest absolute Gasteiger partial charge is 0.461 e. The molecule has 0 bridgehead atoms. The number of carbonyl (C=O) groups excluding carboxylic acids is 3. The fourth-order valence-corrected chi connectivity index (χ4v) is 3.55. The number of hydrogen-bond donors (Lipinski definition) is 1. The minimum atomic E-state index is -0.937. The van der Waals surface area contributed by atoms with Crippen LogP contribution in [0.15, 0.2) is 30.3 Å². The highest BCUT2D eigenvalue weighted by molar-refractivity contribution is 5.92. The molecular formula is C25H39NO5. The molecule has 1 rings (SSSR count). The average molecular weight is 434 g/mol. The van der Waals surface area contributed by atoms with E-state index in [-0.39, 0.29) is 24.7 Å².